The highest BCUT2D eigenvalue weighted by atomic mass is 19.1. The Bertz CT molecular complexity index is 1050. The third kappa shape index (κ3) is 5.78. The molecule has 3 aromatic carbocycles. The Labute approximate surface area is 168 Å². The van der Waals surface area contributed by atoms with Crippen LogP contribution in [0.2, 0.25) is 0 Å². The fraction of sp³-hybridized carbons (Fsp3) is 0.0833. The molecule has 0 atom stereocenters. The first kappa shape index (κ1) is 19.8. The Hall–Kier alpha value is -3.91. The van der Waals surface area contributed by atoms with E-state index in [4.69, 9.17) is 4.74 Å². The van der Waals surface area contributed by atoms with E-state index in [1.807, 2.05) is 37.3 Å². The number of anilines is 1. The van der Waals surface area contributed by atoms with Gasteiger partial charge in [-0.15, -0.1) is 0 Å². The number of hydrogen-bond donors (Lipinski definition) is 1. The number of ether oxygens (including phenoxy) is 1. The third-order valence-electron chi connectivity index (χ3n) is 4.18. The summed E-state index contributed by atoms with van der Waals surface area (Å²) >= 11 is 0. The van der Waals surface area contributed by atoms with Crippen molar-refractivity contribution in [1.82, 2.24) is 0 Å². The van der Waals surface area contributed by atoms with Crippen LogP contribution in [0, 0.1) is 24.1 Å². The van der Waals surface area contributed by atoms with Crippen LogP contribution < -0.4 is 10.1 Å². The molecule has 4 nitrogen and oxygen atoms in total. The van der Waals surface area contributed by atoms with Crippen LogP contribution in [-0.2, 0) is 11.4 Å². The summed E-state index contributed by atoms with van der Waals surface area (Å²) < 4.78 is 18.7. The smallest absolute Gasteiger partial charge is 0.266 e. The summed E-state index contributed by atoms with van der Waals surface area (Å²) in [6.45, 7) is 2.49. The molecule has 0 saturated carbocycles. The van der Waals surface area contributed by atoms with Crippen molar-refractivity contribution in [2.24, 2.45) is 0 Å². The van der Waals surface area contributed by atoms with E-state index in [-0.39, 0.29) is 5.57 Å². The van der Waals surface area contributed by atoms with E-state index in [9.17, 15) is 14.4 Å². The average Bonchev–Trinajstić information content (AvgIpc) is 2.74. The predicted octanol–water partition coefficient (Wildman–Crippen LogP) is 5.26. The van der Waals surface area contributed by atoms with E-state index in [0.29, 0.717) is 23.6 Å². The van der Waals surface area contributed by atoms with Crippen molar-refractivity contribution >= 4 is 17.7 Å². The van der Waals surface area contributed by atoms with Crippen LogP contribution in [0.5, 0.6) is 5.75 Å². The van der Waals surface area contributed by atoms with Gasteiger partial charge < -0.3 is 10.1 Å². The SMILES string of the molecule is Cc1ccc(COc2ccc(/C=C(\C#N)C(=O)Nc3ccc(F)cc3)cc2)cc1. The number of aryl methyl sites for hydroxylation is 1. The van der Waals surface area contributed by atoms with E-state index in [1.165, 1.54) is 35.9 Å². The summed E-state index contributed by atoms with van der Waals surface area (Å²) in [6, 6.07) is 22.4. The molecular formula is C24H19FN2O2. The van der Waals surface area contributed by atoms with Crippen LogP contribution in [0.4, 0.5) is 10.1 Å². The van der Waals surface area contributed by atoms with Gasteiger partial charge in [-0.25, -0.2) is 4.39 Å². The molecule has 3 rings (SSSR count). The van der Waals surface area contributed by atoms with Crippen molar-refractivity contribution in [3.8, 4) is 11.8 Å². The fourth-order valence-electron chi connectivity index (χ4n) is 2.56. The van der Waals surface area contributed by atoms with Gasteiger partial charge in [-0.3, -0.25) is 4.79 Å². The molecule has 0 fully saturated rings. The van der Waals surface area contributed by atoms with Gasteiger partial charge in [0.15, 0.2) is 0 Å². The molecule has 0 aromatic heterocycles. The number of halogens is 1. The number of carbonyl (C=O) groups is 1. The summed E-state index contributed by atoms with van der Waals surface area (Å²) in [5.74, 6) is -0.264. The van der Waals surface area contributed by atoms with Crippen molar-refractivity contribution in [3.63, 3.8) is 0 Å². The summed E-state index contributed by atoms with van der Waals surface area (Å²) in [5.41, 5.74) is 3.32. The molecule has 29 heavy (non-hydrogen) atoms. The monoisotopic (exact) mass is 386 g/mol. The molecule has 0 unspecified atom stereocenters. The van der Waals surface area contributed by atoms with Crippen molar-refractivity contribution in [3.05, 3.63) is 101 Å². The minimum Gasteiger partial charge on any atom is -0.489 e. The van der Waals surface area contributed by atoms with Crippen molar-refractivity contribution in [2.75, 3.05) is 5.32 Å². The number of nitrogens with one attached hydrogen (secondary N) is 1. The Morgan fingerprint density at radius 3 is 2.31 bits per heavy atom. The minimum absolute atomic E-state index is 0.0531. The number of nitrogens with zero attached hydrogens (tertiary/aromatic N) is 1. The molecule has 0 heterocycles. The van der Waals surface area contributed by atoms with Gasteiger partial charge in [0.2, 0.25) is 0 Å². The van der Waals surface area contributed by atoms with E-state index in [0.717, 1.165) is 5.56 Å². The first-order chi connectivity index (χ1) is 14.0. The summed E-state index contributed by atoms with van der Waals surface area (Å²) in [7, 11) is 0. The van der Waals surface area contributed by atoms with Crippen molar-refractivity contribution in [2.45, 2.75) is 13.5 Å². The van der Waals surface area contributed by atoms with Crippen molar-refractivity contribution in [1.29, 1.82) is 5.26 Å². The maximum Gasteiger partial charge on any atom is 0.266 e. The molecule has 0 aliphatic rings. The number of hydrogen-bond acceptors (Lipinski definition) is 3. The largest absolute Gasteiger partial charge is 0.489 e. The quantitative estimate of drug-likeness (QED) is 0.464. The predicted molar refractivity (Wildman–Crippen MR) is 111 cm³/mol. The lowest BCUT2D eigenvalue weighted by Gasteiger charge is -2.07. The summed E-state index contributed by atoms with van der Waals surface area (Å²) in [6.07, 6.45) is 1.49. The molecule has 0 aliphatic heterocycles. The second-order valence-electron chi connectivity index (χ2n) is 6.47. The summed E-state index contributed by atoms with van der Waals surface area (Å²) in [4.78, 5) is 12.3. The molecular weight excluding hydrogens is 367 g/mol. The Morgan fingerprint density at radius 2 is 1.69 bits per heavy atom. The minimum atomic E-state index is -0.557. The van der Waals surface area contributed by atoms with Gasteiger partial charge in [-0.2, -0.15) is 5.26 Å². The van der Waals surface area contributed by atoms with Crippen LogP contribution in [0.1, 0.15) is 16.7 Å². The molecule has 0 saturated heterocycles. The van der Waals surface area contributed by atoms with Crippen molar-refractivity contribution < 1.29 is 13.9 Å². The molecule has 0 aliphatic carbocycles. The van der Waals surface area contributed by atoms with Crippen LogP contribution in [0.15, 0.2) is 78.4 Å². The van der Waals surface area contributed by atoms with Crippen LogP contribution in [0.3, 0.4) is 0 Å². The van der Waals surface area contributed by atoms with Gasteiger partial charge >= 0.3 is 0 Å². The zero-order valence-electron chi connectivity index (χ0n) is 15.9. The van der Waals surface area contributed by atoms with Gasteiger partial charge in [0.05, 0.1) is 0 Å². The normalized spacial score (nSPS) is 10.9. The first-order valence-corrected chi connectivity index (χ1v) is 9.00. The second-order valence-corrected chi connectivity index (χ2v) is 6.47. The zero-order chi connectivity index (χ0) is 20.6. The number of carbonyl (C=O) groups excluding carboxylic acids is 1. The van der Waals surface area contributed by atoms with Gasteiger partial charge in [0.1, 0.15) is 29.8 Å². The lowest BCUT2D eigenvalue weighted by atomic mass is 10.1. The Balaban J connectivity index is 1.63. The molecule has 144 valence electrons. The van der Waals surface area contributed by atoms with Crippen LogP contribution >= 0.6 is 0 Å². The number of nitriles is 1. The molecule has 1 amide bonds. The number of rotatable bonds is 6. The molecule has 1 N–H and O–H groups in total. The van der Waals surface area contributed by atoms with Gasteiger partial charge in [-0.05, 0) is 60.5 Å². The van der Waals surface area contributed by atoms with Gasteiger partial charge in [-0.1, -0.05) is 42.0 Å². The first-order valence-electron chi connectivity index (χ1n) is 9.00. The highest BCUT2D eigenvalue weighted by Crippen LogP contribution is 2.17. The fourth-order valence-corrected chi connectivity index (χ4v) is 2.56. The Kier molecular flexibility index (Phi) is 6.39. The molecule has 0 spiro atoms. The van der Waals surface area contributed by atoms with E-state index in [2.05, 4.69) is 5.32 Å². The lowest BCUT2D eigenvalue weighted by Crippen LogP contribution is -2.13. The molecule has 5 heteroatoms. The summed E-state index contributed by atoms with van der Waals surface area (Å²) in [5, 5.41) is 11.9. The highest BCUT2D eigenvalue weighted by molar-refractivity contribution is 6.09. The van der Waals surface area contributed by atoms with Gasteiger partial charge in [0.25, 0.3) is 5.91 Å². The second kappa shape index (κ2) is 9.34. The average molecular weight is 386 g/mol. The van der Waals surface area contributed by atoms with E-state index < -0.39 is 11.7 Å². The van der Waals surface area contributed by atoms with Gasteiger partial charge in [0, 0.05) is 5.69 Å². The topological polar surface area (TPSA) is 62.1 Å². The molecule has 0 radical (unpaired) electrons. The maximum absolute atomic E-state index is 12.9. The standard InChI is InChI=1S/C24H19FN2O2/c1-17-2-4-19(5-3-17)16-29-23-12-6-18(7-13-23)14-20(15-26)24(28)27-22-10-8-21(25)9-11-22/h2-14H,16H2,1H3,(H,27,28)/b20-14+. The molecule has 3 aromatic rings. The third-order valence-corrected chi connectivity index (χ3v) is 4.18. The van der Waals surface area contributed by atoms with E-state index in [1.54, 1.807) is 24.3 Å². The molecule has 0 bridgehead atoms. The zero-order valence-corrected chi connectivity index (χ0v) is 15.9. The number of benzene rings is 3. The van der Waals surface area contributed by atoms with Crippen LogP contribution in [-0.4, -0.2) is 5.91 Å². The maximum atomic E-state index is 12.9. The number of amides is 1. The Morgan fingerprint density at radius 1 is 1.03 bits per heavy atom. The lowest BCUT2D eigenvalue weighted by molar-refractivity contribution is -0.112. The van der Waals surface area contributed by atoms with E-state index >= 15 is 0 Å². The highest BCUT2D eigenvalue weighted by Gasteiger charge is 2.09. The van der Waals surface area contributed by atoms with Crippen LogP contribution in [0.25, 0.3) is 6.08 Å².